The molecule has 1 unspecified atom stereocenters. The van der Waals surface area contributed by atoms with E-state index in [9.17, 15) is 24.0 Å². The number of aromatic nitrogens is 3. The Hall–Kier alpha value is -5.09. The normalized spacial score (nSPS) is 22.2. The number of hydrogen-bond acceptors (Lipinski definition) is 12. The number of fused-ring (bicyclic) bond motifs is 2. The number of Topliss-reactive ketones (excluding diaryl/α,β-unsaturated/α-hetero) is 1. The van der Waals surface area contributed by atoms with Gasteiger partial charge in [0.15, 0.2) is 17.4 Å². The average Bonchev–Trinajstić information content (AvgIpc) is 3.61. The van der Waals surface area contributed by atoms with E-state index in [2.05, 4.69) is 25.4 Å². The Morgan fingerprint density at radius 2 is 1.72 bits per heavy atom. The summed E-state index contributed by atoms with van der Waals surface area (Å²) in [7, 11) is 0. The number of carbonyl (C=O) groups excluding carboxylic acids is 4. The van der Waals surface area contributed by atoms with Crippen molar-refractivity contribution in [2.75, 3.05) is 43.0 Å². The predicted molar refractivity (Wildman–Crippen MR) is 244 cm³/mol. The van der Waals surface area contributed by atoms with Crippen LogP contribution in [0.4, 0.5) is 17.5 Å². The maximum Gasteiger partial charge on any atom is 0.293 e. The number of ketones is 1. The second-order valence-corrected chi connectivity index (χ2v) is 18.8. The van der Waals surface area contributed by atoms with Gasteiger partial charge in [-0.15, -0.1) is 0 Å². The van der Waals surface area contributed by atoms with E-state index in [1.807, 2.05) is 44.2 Å². The first-order chi connectivity index (χ1) is 30.8. The van der Waals surface area contributed by atoms with Crippen molar-refractivity contribution in [3.05, 3.63) is 79.7 Å². The van der Waals surface area contributed by atoms with Crippen molar-refractivity contribution in [1.82, 2.24) is 29.7 Å². The molecule has 0 bridgehead atoms. The van der Waals surface area contributed by atoms with E-state index in [-0.39, 0.29) is 66.7 Å². The zero-order chi connectivity index (χ0) is 44.8. The number of carbonyl (C=O) groups is 4. The summed E-state index contributed by atoms with van der Waals surface area (Å²) >= 11 is 13.6. The summed E-state index contributed by atoms with van der Waals surface area (Å²) in [5, 5.41) is 7.49. The van der Waals surface area contributed by atoms with Gasteiger partial charge in [-0.05, 0) is 114 Å². The molecule has 4 aliphatic heterocycles. The molecule has 3 amide bonds. The number of pyridine rings is 1. The minimum atomic E-state index is -0.660. The van der Waals surface area contributed by atoms with E-state index in [0.29, 0.717) is 52.2 Å². The molecule has 0 radical (unpaired) electrons. The molecule has 17 heteroatoms. The Labute approximate surface area is 381 Å². The van der Waals surface area contributed by atoms with Crippen LogP contribution in [-0.2, 0) is 25.7 Å². The molecule has 2 aromatic carbocycles. The molecule has 2 N–H and O–H groups in total. The van der Waals surface area contributed by atoms with Crippen LogP contribution in [0, 0.1) is 0 Å². The lowest BCUT2D eigenvalue weighted by Gasteiger charge is -2.47. The van der Waals surface area contributed by atoms with E-state index in [1.54, 1.807) is 28.7 Å². The van der Waals surface area contributed by atoms with Gasteiger partial charge >= 0.3 is 0 Å². The van der Waals surface area contributed by atoms with Crippen molar-refractivity contribution in [1.29, 1.82) is 0 Å². The molecule has 5 aliphatic rings. The third-order valence-electron chi connectivity index (χ3n) is 13.6. The van der Waals surface area contributed by atoms with Gasteiger partial charge in [0.1, 0.15) is 17.7 Å². The van der Waals surface area contributed by atoms with E-state index in [0.717, 1.165) is 92.4 Å². The van der Waals surface area contributed by atoms with Crippen LogP contribution in [-0.4, -0.2) is 105 Å². The molecule has 2 aromatic heterocycles. The third-order valence-corrected chi connectivity index (χ3v) is 14.4. The van der Waals surface area contributed by atoms with Gasteiger partial charge in [0.25, 0.3) is 11.5 Å². The number of hydrogen-bond donors (Lipinski definition) is 2. The molecule has 64 heavy (non-hydrogen) atoms. The Balaban J connectivity index is 0.746. The van der Waals surface area contributed by atoms with Crippen LogP contribution in [0.25, 0.3) is 10.9 Å². The second-order valence-electron chi connectivity index (χ2n) is 18.0. The minimum absolute atomic E-state index is 0.0833. The summed E-state index contributed by atoms with van der Waals surface area (Å²) < 4.78 is 14.0. The van der Waals surface area contributed by atoms with Crippen molar-refractivity contribution in [3.63, 3.8) is 0 Å². The smallest absolute Gasteiger partial charge is 0.293 e. The number of benzene rings is 2. The van der Waals surface area contributed by atoms with Gasteiger partial charge in [-0.2, -0.15) is 4.98 Å². The lowest BCUT2D eigenvalue weighted by atomic mass is 9.83. The SMILES string of the molecule is CCC(=O)COc1cc2cc(Nc3nc(N4CCC(OC5CC(N6CCC(c7ccc8c(c7Cl)CN(C7CCC(=O)NC7=O)C8=O)CC6)C5)CC4)ncc3Cl)ccc2n(C(C)C)c1=O. The molecule has 4 fully saturated rings. The summed E-state index contributed by atoms with van der Waals surface area (Å²) in [6, 6.07) is 10.9. The minimum Gasteiger partial charge on any atom is -0.480 e. The number of piperidine rings is 3. The number of imide groups is 1. The summed E-state index contributed by atoms with van der Waals surface area (Å²) in [6.07, 6.45) is 8.66. The monoisotopic (exact) mass is 912 g/mol. The maximum absolute atomic E-state index is 13.3. The molecule has 0 spiro atoms. The number of likely N-dealkylation sites (tertiary alicyclic amines) is 1. The van der Waals surface area contributed by atoms with Crippen LogP contribution in [0.2, 0.25) is 10.0 Å². The number of halogens is 2. The summed E-state index contributed by atoms with van der Waals surface area (Å²) in [6.45, 7) is 9.24. The lowest BCUT2D eigenvalue weighted by molar-refractivity contribution is -0.137. The van der Waals surface area contributed by atoms with E-state index >= 15 is 0 Å². The number of amides is 3. The van der Waals surface area contributed by atoms with Crippen LogP contribution < -0.4 is 25.8 Å². The van der Waals surface area contributed by atoms with Gasteiger partial charge < -0.3 is 34.1 Å². The highest BCUT2D eigenvalue weighted by molar-refractivity contribution is 6.33. The molecule has 15 nitrogen and oxygen atoms in total. The van der Waals surface area contributed by atoms with Crippen LogP contribution in [0.5, 0.6) is 5.75 Å². The highest BCUT2D eigenvalue weighted by atomic mass is 35.5. The van der Waals surface area contributed by atoms with Crippen molar-refractivity contribution in [2.45, 2.75) is 121 Å². The van der Waals surface area contributed by atoms with Gasteiger partial charge in [0.05, 0.1) is 23.9 Å². The number of nitrogens with one attached hydrogen (secondary N) is 2. The largest absolute Gasteiger partial charge is 0.480 e. The topological polar surface area (TPSA) is 168 Å². The zero-order valence-electron chi connectivity index (χ0n) is 36.4. The van der Waals surface area contributed by atoms with Crippen LogP contribution in [0.15, 0.2) is 47.4 Å². The molecule has 1 atom stereocenters. The first kappa shape index (κ1) is 44.1. The van der Waals surface area contributed by atoms with Crippen LogP contribution >= 0.6 is 23.2 Å². The van der Waals surface area contributed by atoms with Crippen molar-refractivity contribution >= 4 is 75.1 Å². The summed E-state index contributed by atoms with van der Waals surface area (Å²) in [5.74, 6) is 0.483. The zero-order valence-corrected chi connectivity index (χ0v) is 37.9. The molecule has 3 saturated heterocycles. The third kappa shape index (κ3) is 8.83. The quantitative estimate of drug-likeness (QED) is 0.133. The van der Waals surface area contributed by atoms with Gasteiger partial charge in [-0.1, -0.05) is 36.2 Å². The fraction of sp³-hybridized carbons (Fsp3) is 0.511. The predicted octanol–water partition coefficient (Wildman–Crippen LogP) is 6.94. The Morgan fingerprint density at radius 1 is 0.953 bits per heavy atom. The highest BCUT2D eigenvalue weighted by Gasteiger charge is 2.42. The van der Waals surface area contributed by atoms with Gasteiger partial charge in [-0.25, -0.2) is 4.98 Å². The molecule has 338 valence electrons. The fourth-order valence-corrected chi connectivity index (χ4v) is 10.5. The van der Waals surface area contributed by atoms with Gasteiger partial charge in [0, 0.05) is 71.8 Å². The van der Waals surface area contributed by atoms with E-state index in [4.69, 9.17) is 37.7 Å². The number of anilines is 3. The van der Waals surface area contributed by atoms with Crippen molar-refractivity contribution in [3.8, 4) is 5.75 Å². The molecule has 6 heterocycles. The standard InChI is InChI=1S/C47H54Cl2N8O7/c1-4-31(58)25-63-40-20-28-19-29(5-8-38(28)57(26(2)3)46(40)62)51-43-37(48)23-50-47(53-43)55-17-13-32(14-18-55)64-33-21-30(22-33)54-15-11-27(12-16-54)34-6-7-35-36(42(34)49)24-56(45(35)61)39-9-10-41(59)52-44(39)60/h5-8,19-20,23,26-27,30,32-33,39H,4,9-18,21-22,24-25H2,1-3H3,(H,50,51,53)(H,52,59,60). The molecule has 9 rings (SSSR count). The fourth-order valence-electron chi connectivity index (χ4n) is 9.93. The maximum atomic E-state index is 13.3. The van der Waals surface area contributed by atoms with Gasteiger partial charge in [-0.3, -0.25) is 29.3 Å². The van der Waals surface area contributed by atoms with Crippen LogP contribution in [0.3, 0.4) is 0 Å². The first-order valence-corrected chi connectivity index (χ1v) is 23.3. The number of rotatable bonds is 13. The molecule has 1 saturated carbocycles. The Morgan fingerprint density at radius 3 is 2.44 bits per heavy atom. The number of nitrogens with zero attached hydrogens (tertiary/aromatic N) is 6. The summed E-state index contributed by atoms with van der Waals surface area (Å²) in [4.78, 5) is 78.4. The van der Waals surface area contributed by atoms with Crippen molar-refractivity contribution < 1.29 is 28.7 Å². The highest BCUT2D eigenvalue weighted by Crippen LogP contribution is 2.42. The lowest BCUT2D eigenvalue weighted by Crippen LogP contribution is -2.52. The molecule has 4 aromatic rings. The Bertz CT molecular complexity index is 2550. The first-order valence-electron chi connectivity index (χ1n) is 22.6. The van der Waals surface area contributed by atoms with Crippen molar-refractivity contribution in [2.24, 2.45) is 0 Å². The molecular weight excluding hydrogens is 859 g/mol. The summed E-state index contributed by atoms with van der Waals surface area (Å²) in [5.41, 5.74) is 3.60. The molecule has 1 aliphatic carbocycles. The number of ether oxygens (including phenoxy) is 2. The Kier molecular flexibility index (Phi) is 12.7. The second kappa shape index (κ2) is 18.4. The van der Waals surface area contributed by atoms with Gasteiger partial charge in [0.2, 0.25) is 17.8 Å². The van der Waals surface area contributed by atoms with E-state index < -0.39 is 11.9 Å². The average molecular weight is 914 g/mol. The van der Waals surface area contributed by atoms with E-state index in [1.165, 1.54) is 0 Å². The van der Waals surface area contributed by atoms with Crippen LogP contribution in [0.1, 0.15) is 112 Å². The molecular formula is C47H54Cl2N8O7.